The molecule has 0 aliphatic carbocycles. The van der Waals surface area contributed by atoms with Gasteiger partial charge in [-0.1, -0.05) is 18.2 Å². The second kappa shape index (κ2) is 8.99. The Morgan fingerprint density at radius 3 is 2.50 bits per heavy atom. The zero-order valence-electron chi connectivity index (χ0n) is 17.3. The number of pyridine rings is 1. The summed E-state index contributed by atoms with van der Waals surface area (Å²) >= 11 is 0. The third-order valence-electron chi connectivity index (χ3n) is 5.16. The fraction of sp³-hybridized carbons (Fsp3) is 0.174. The summed E-state index contributed by atoms with van der Waals surface area (Å²) in [6, 6.07) is 12.9. The van der Waals surface area contributed by atoms with Gasteiger partial charge in [-0.25, -0.2) is 14.2 Å². The molecule has 2 heterocycles. The van der Waals surface area contributed by atoms with Crippen LogP contribution < -0.4 is 15.4 Å². The highest BCUT2D eigenvalue weighted by Gasteiger charge is 2.62. The van der Waals surface area contributed by atoms with Crippen molar-refractivity contribution >= 4 is 17.4 Å². The normalized spacial score (nSPS) is 17.3. The fourth-order valence-corrected chi connectivity index (χ4v) is 3.42. The Bertz CT molecular complexity index is 1270. The first kappa shape index (κ1) is 23.0. The van der Waals surface area contributed by atoms with E-state index in [-0.39, 0.29) is 47.2 Å². The first-order valence-electron chi connectivity index (χ1n) is 9.94. The summed E-state index contributed by atoms with van der Waals surface area (Å²) in [4.78, 5) is 16.4. The molecule has 11 heteroatoms. The number of hydrogen-bond donors (Lipinski definition) is 2. The Balaban J connectivity index is 1.57. The number of carbonyl (C=O) groups is 1. The molecule has 174 valence electrons. The van der Waals surface area contributed by atoms with Crippen molar-refractivity contribution in [3.05, 3.63) is 77.7 Å². The number of amides is 2. The number of benzene rings is 2. The molecule has 2 amide bonds. The molecule has 34 heavy (non-hydrogen) atoms. The van der Waals surface area contributed by atoms with Gasteiger partial charge in [0.1, 0.15) is 17.3 Å². The number of nitriles is 1. The lowest BCUT2D eigenvalue weighted by Gasteiger charge is -2.43. The number of nitrogens with zero attached hydrogens (tertiary/aromatic N) is 2. The average Bonchev–Trinajstić information content (AvgIpc) is 2.76. The lowest BCUT2D eigenvalue weighted by molar-refractivity contribution is -0.333. The molecule has 1 aliphatic heterocycles. The number of anilines is 2. The number of halogens is 4. The summed E-state index contributed by atoms with van der Waals surface area (Å²) < 4.78 is 66.1. The minimum absolute atomic E-state index is 0.0273. The molecule has 3 aromatic rings. The largest absolute Gasteiger partial charge is 0.437 e. The van der Waals surface area contributed by atoms with E-state index >= 15 is 0 Å². The molecule has 1 fully saturated rings. The fourth-order valence-electron chi connectivity index (χ4n) is 3.42. The second-order valence-corrected chi connectivity index (χ2v) is 7.26. The van der Waals surface area contributed by atoms with Crippen LogP contribution in [-0.2, 0) is 10.3 Å². The van der Waals surface area contributed by atoms with E-state index in [1.54, 1.807) is 6.07 Å². The Kier molecular flexibility index (Phi) is 6.08. The van der Waals surface area contributed by atoms with Crippen LogP contribution >= 0.6 is 0 Å². The summed E-state index contributed by atoms with van der Waals surface area (Å²) in [5.74, 6) is -1.13. The van der Waals surface area contributed by atoms with Crippen LogP contribution in [0.15, 0.2) is 60.8 Å². The number of para-hydroxylation sites is 1. The molecule has 4 rings (SSSR count). The van der Waals surface area contributed by atoms with Gasteiger partial charge in [0.25, 0.3) is 0 Å². The molecular weight excluding hydrogens is 456 g/mol. The molecular formula is C23H16F4N4O3. The number of alkyl halides is 3. The van der Waals surface area contributed by atoms with Gasteiger partial charge in [-0.15, -0.1) is 0 Å². The summed E-state index contributed by atoms with van der Waals surface area (Å²) in [5.41, 5.74) is -2.77. The minimum Gasteiger partial charge on any atom is -0.437 e. The third-order valence-corrected chi connectivity index (χ3v) is 5.16. The Labute approximate surface area is 190 Å². The van der Waals surface area contributed by atoms with Crippen LogP contribution in [0, 0.1) is 17.1 Å². The van der Waals surface area contributed by atoms with Crippen LogP contribution in [0.4, 0.5) is 33.7 Å². The van der Waals surface area contributed by atoms with Gasteiger partial charge < -0.3 is 20.1 Å². The second-order valence-electron chi connectivity index (χ2n) is 7.26. The van der Waals surface area contributed by atoms with Gasteiger partial charge in [0.15, 0.2) is 5.60 Å². The van der Waals surface area contributed by atoms with Crippen LogP contribution in [0.1, 0.15) is 17.5 Å². The number of hydrogen-bond acceptors (Lipinski definition) is 5. The van der Waals surface area contributed by atoms with Crippen LogP contribution in [0.25, 0.3) is 0 Å². The molecule has 1 unspecified atom stereocenters. The smallest absolute Gasteiger partial charge is 0.421 e. The zero-order valence-corrected chi connectivity index (χ0v) is 17.3. The van der Waals surface area contributed by atoms with Gasteiger partial charge in [0.05, 0.1) is 23.9 Å². The van der Waals surface area contributed by atoms with E-state index in [0.717, 1.165) is 6.07 Å². The SMILES string of the molecule is N#Cc1ccc(NC(=O)Nc2cccnc2Oc2ccccc2C2(C(F)(F)F)CCO2)c(F)c1. The minimum atomic E-state index is -4.67. The molecule has 2 N–H and O–H groups in total. The molecule has 0 radical (unpaired) electrons. The molecule has 7 nitrogen and oxygen atoms in total. The Morgan fingerprint density at radius 2 is 1.85 bits per heavy atom. The predicted molar refractivity (Wildman–Crippen MR) is 113 cm³/mol. The van der Waals surface area contributed by atoms with Crippen molar-refractivity contribution in [1.29, 1.82) is 5.26 Å². The highest BCUT2D eigenvalue weighted by molar-refractivity contribution is 6.00. The van der Waals surface area contributed by atoms with Crippen LogP contribution in [0.5, 0.6) is 11.6 Å². The maximum Gasteiger partial charge on any atom is 0.421 e. The number of carbonyl (C=O) groups excluding carboxylic acids is 1. The number of aromatic nitrogens is 1. The molecule has 0 spiro atoms. The van der Waals surface area contributed by atoms with Crippen molar-refractivity contribution in [2.75, 3.05) is 17.2 Å². The standard InChI is InChI=1S/C23H16F4N4O3/c24-16-12-14(13-28)7-8-17(16)30-21(32)31-18-5-3-10-29-20(18)34-19-6-2-1-4-15(19)22(9-11-33-22)23(25,26)27/h1-8,10,12H,9,11H2,(H2,30,31,32). The van der Waals surface area contributed by atoms with Crippen LogP contribution in [0.2, 0.25) is 0 Å². The van der Waals surface area contributed by atoms with Crippen molar-refractivity contribution in [2.45, 2.75) is 18.2 Å². The van der Waals surface area contributed by atoms with E-state index in [9.17, 15) is 22.4 Å². The molecule has 1 atom stereocenters. The lowest BCUT2D eigenvalue weighted by Crippen LogP contribution is -2.52. The third kappa shape index (κ3) is 4.35. The van der Waals surface area contributed by atoms with Crippen molar-refractivity contribution in [3.8, 4) is 17.7 Å². The number of urea groups is 1. The lowest BCUT2D eigenvalue weighted by atomic mass is 9.85. The number of ether oxygens (including phenoxy) is 2. The van der Waals surface area contributed by atoms with Gasteiger partial charge in [-0.3, -0.25) is 0 Å². The molecule has 0 bridgehead atoms. The average molecular weight is 472 g/mol. The van der Waals surface area contributed by atoms with E-state index < -0.39 is 23.6 Å². The summed E-state index contributed by atoms with van der Waals surface area (Å²) in [6.07, 6.45) is -3.59. The number of nitrogens with one attached hydrogen (secondary N) is 2. The summed E-state index contributed by atoms with van der Waals surface area (Å²) in [6.45, 7) is -0.0453. The molecule has 1 saturated heterocycles. The van der Waals surface area contributed by atoms with E-state index in [4.69, 9.17) is 14.7 Å². The summed E-state index contributed by atoms with van der Waals surface area (Å²) in [7, 11) is 0. The molecule has 2 aromatic carbocycles. The highest BCUT2D eigenvalue weighted by Crippen LogP contribution is 2.53. The van der Waals surface area contributed by atoms with Crippen molar-refractivity contribution in [2.24, 2.45) is 0 Å². The van der Waals surface area contributed by atoms with Crippen molar-refractivity contribution < 1.29 is 31.8 Å². The van der Waals surface area contributed by atoms with Gasteiger partial charge in [0, 0.05) is 18.2 Å². The van der Waals surface area contributed by atoms with Gasteiger partial charge in [-0.2, -0.15) is 18.4 Å². The molecule has 0 saturated carbocycles. The Hall–Kier alpha value is -4.17. The zero-order chi connectivity index (χ0) is 24.3. The van der Waals surface area contributed by atoms with E-state index in [1.807, 2.05) is 0 Å². The predicted octanol–water partition coefficient (Wildman–Crippen LogP) is 5.71. The first-order valence-corrected chi connectivity index (χ1v) is 9.94. The van der Waals surface area contributed by atoms with E-state index in [2.05, 4.69) is 15.6 Å². The highest BCUT2D eigenvalue weighted by atomic mass is 19.4. The summed E-state index contributed by atoms with van der Waals surface area (Å²) in [5, 5.41) is 13.5. The molecule has 1 aromatic heterocycles. The maximum atomic E-state index is 14.1. The monoisotopic (exact) mass is 472 g/mol. The van der Waals surface area contributed by atoms with Crippen LogP contribution in [0.3, 0.4) is 0 Å². The molecule has 1 aliphatic rings. The van der Waals surface area contributed by atoms with Gasteiger partial charge >= 0.3 is 12.2 Å². The van der Waals surface area contributed by atoms with Gasteiger partial charge in [-0.05, 0) is 36.4 Å². The van der Waals surface area contributed by atoms with E-state index in [0.29, 0.717) is 0 Å². The van der Waals surface area contributed by atoms with E-state index in [1.165, 1.54) is 54.7 Å². The van der Waals surface area contributed by atoms with Crippen molar-refractivity contribution in [1.82, 2.24) is 4.98 Å². The van der Waals surface area contributed by atoms with Gasteiger partial charge in [0.2, 0.25) is 5.88 Å². The van der Waals surface area contributed by atoms with Crippen LogP contribution in [-0.4, -0.2) is 23.8 Å². The Morgan fingerprint density at radius 1 is 1.12 bits per heavy atom. The topological polar surface area (TPSA) is 96.3 Å². The van der Waals surface area contributed by atoms with Crippen molar-refractivity contribution in [3.63, 3.8) is 0 Å². The maximum absolute atomic E-state index is 14.1. The quantitative estimate of drug-likeness (QED) is 0.464. The first-order chi connectivity index (χ1) is 16.2. The number of rotatable bonds is 5.